The lowest BCUT2D eigenvalue weighted by Gasteiger charge is -2.39. The Morgan fingerprint density at radius 3 is 2.44 bits per heavy atom. The van der Waals surface area contributed by atoms with E-state index in [0.29, 0.717) is 24.6 Å². The lowest BCUT2D eigenvalue weighted by molar-refractivity contribution is -0.0864. The summed E-state index contributed by atoms with van der Waals surface area (Å²) in [5.41, 5.74) is 2.01. The van der Waals surface area contributed by atoms with E-state index in [0.717, 1.165) is 49.9 Å². The topological polar surface area (TPSA) is 63.6 Å². The van der Waals surface area contributed by atoms with Crippen LogP contribution >= 0.6 is 12.4 Å². The maximum Gasteiger partial charge on any atom is 0.263 e. The summed E-state index contributed by atoms with van der Waals surface area (Å²) in [6.45, 7) is 4.72. The Kier molecular flexibility index (Phi) is 7.03. The summed E-state index contributed by atoms with van der Waals surface area (Å²) in [6, 6.07) is 12.2. The molecule has 5 rings (SSSR count). The predicted molar refractivity (Wildman–Crippen MR) is 127 cm³/mol. The number of amides is 1. The van der Waals surface area contributed by atoms with Crippen molar-refractivity contribution in [2.24, 2.45) is 5.92 Å². The zero-order valence-electron chi connectivity index (χ0n) is 18.5. The fourth-order valence-corrected chi connectivity index (χ4v) is 4.97. The second-order valence-corrected chi connectivity index (χ2v) is 9.19. The van der Waals surface area contributed by atoms with Gasteiger partial charge in [0, 0.05) is 18.8 Å². The molecule has 172 valence electrons. The van der Waals surface area contributed by atoms with Crippen LogP contribution in [0.25, 0.3) is 0 Å². The van der Waals surface area contributed by atoms with Crippen LogP contribution in [0.4, 0.5) is 0 Å². The van der Waals surface area contributed by atoms with Crippen LogP contribution in [0.3, 0.4) is 0 Å². The van der Waals surface area contributed by atoms with Crippen LogP contribution in [0.2, 0.25) is 0 Å². The highest BCUT2D eigenvalue weighted by Gasteiger charge is 2.41. The van der Waals surface area contributed by atoms with Crippen molar-refractivity contribution in [3.63, 3.8) is 0 Å². The maximum absolute atomic E-state index is 13.7. The van der Waals surface area contributed by atoms with Gasteiger partial charge in [0.1, 0.15) is 11.7 Å². The predicted octanol–water partition coefficient (Wildman–Crippen LogP) is 3.50. The summed E-state index contributed by atoms with van der Waals surface area (Å²) in [6.07, 6.45) is 5.88. The van der Waals surface area contributed by atoms with Gasteiger partial charge in [-0.25, -0.2) is 0 Å². The van der Waals surface area contributed by atoms with Crippen molar-refractivity contribution in [1.29, 1.82) is 0 Å². The molecule has 2 aliphatic heterocycles. The molecular formula is C25H32ClN3O3. The molecule has 0 spiro atoms. The van der Waals surface area contributed by atoms with Crippen molar-refractivity contribution >= 4 is 18.3 Å². The number of benzene rings is 1. The molecule has 6 nitrogen and oxygen atoms in total. The summed E-state index contributed by atoms with van der Waals surface area (Å²) in [7, 11) is 0. The molecule has 2 aromatic rings. The third-order valence-corrected chi connectivity index (χ3v) is 6.98. The van der Waals surface area contributed by atoms with E-state index in [1.54, 1.807) is 4.57 Å². The summed E-state index contributed by atoms with van der Waals surface area (Å²) in [4.78, 5) is 29.0. The fourth-order valence-electron chi connectivity index (χ4n) is 4.97. The van der Waals surface area contributed by atoms with Gasteiger partial charge in [0.25, 0.3) is 11.5 Å². The summed E-state index contributed by atoms with van der Waals surface area (Å²) in [5, 5.41) is 3.34. The molecule has 0 radical (unpaired) electrons. The zero-order chi connectivity index (χ0) is 21.4. The minimum Gasteiger partial charge on any atom is -0.366 e. The lowest BCUT2D eigenvalue weighted by Crippen LogP contribution is -2.49. The molecule has 3 aliphatic rings. The number of rotatable bonds is 4. The van der Waals surface area contributed by atoms with Gasteiger partial charge in [-0.05, 0) is 68.8 Å². The van der Waals surface area contributed by atoms with E-state index < -0.39 is 0 Å². The molecule has 3 heterocycles. The first-order valence-electron chi connectivity index (χ1n) is 11.5. The summed E-state index contributed by atoms with van der Waals surface area (Å²) in [5.74, 6) is 0.366. The van der Waals surface area contributed by atoms with Gasteiger partial charge in [-0.15, -0.1) is 12.4 Å². The molecule has 1 aliphatic carbocycles. The van der Waals surface area contributed by atoms with Gasteiger partial charge in [-0.3, -0.25) is 9.59 Å². The number of halogens is 1. The third-order valence-electron chi connectivity index (χ3n) is 6.98. The summed E-state index contributed by atoms with van der Waals surface area (Å²) < 4.78 is 8.19. The largest absolute Gasteiger partial charge is 0.366 e. The zero-order valence-corrected chi connectivity index (χ0v) is 19.4. The Balaban J connectivity index is 0.00000245. The van der Waals surface area contributed by atoms with Crippen LogP contribution in [0, 0.1) is 12.8 Å². The molecule has 1 amide bonds. The fraction of sp³-hybridized carbons (Fsp3) is 0.520. The van der Waals surface area contributed by atoms with Crippen molar-refractivity contribution in [1.82, 2.24) is 14.8 Å². The van der Waals surface area contributed by atoms with Crippen molar-refractivity contribution in [3.05, 3.63) is 69.6 Å². The van der Waals surface area contributed by atoms with Crippen molar-refractivity contribution in [2.45, 2.75) is 50.9 Å². The number of carbonyl (C=O) groups is 1. The molecule has 1 N–H and O–H groups in total. The van der Waals surface area contributed by atoms with Crippen LogP contribution in [0.5, 0.6) is 0 Å². The molecule has 1 aromatic carbocycles. The van der Waals surface area contributed by atoms with Gasteiger partial charge in [0.05, 0.1) is 12.6 Å². The van der Waals surface area contributed by atoms with E-state index in [2.05, 4.69) is 17.4 Å². The van der Waals surface area contributed by atoms with Gasteiger partial charge in [-0.2, -0.15) is 0 Å². The number of aromatic nitrogens is 1. The number of morpholine rings is 1. The Labute approximate surface area is 195 Å². The molecule has 0 unspecified atom stereocenters. The standard InChI is InChI=1S/C25H31N3O3.ClH/c1-17-11-14-28(20-9-12-26-13-10-20)25(30)23(17)24(29)27-15-21(18-5-3-2-4-6-18)31-22(16-27)19-7-8-19;/h2-6,11,14,19-22,26H,7-10,12-13,15-16H2,1H3;1H/t21-,22+;/m0./s1. The molecule has 1 saturated carbocycles. The Hall–Kier alpha value is -2.15. The van der Waals surface area contributed by atoms with Crippen LogP contribution < -0.4 is 10.9 Å². The molecule has 0 bridgehead atoms. The van der Waals surface area contributed by atoms with Crippen LogP contribution in [0.1, 0.15) is 59.3 Å². The Morgan fingerprint density at radius 1 is 1.03 bits per heavy atom. The minimum atomic E-state index is -0.153. The van der Waals surface area contributed by atoms with Crippen LogP contribution in [0.15, 0.2) is 47.4 Å². The summed E-state index contributed by atoms with van der Waals surface area (Å²) >= 11 is 0. The second kappa shape index (κ2) is 9.77. The minimum absolute atomic E-state index is 0. The van der Waals surface area contributed by atoms with E-state index in [1.807, 2.05) is 42.3 Å². The number of ether oxygens (including phenoxy) is 1. The quantitative estimate of drug-likeness (QED) is 0.763. The number of nitrogens with zero attached hydrogens (tertiary/aromatic N) is 2. The van der Waals surface area contributed by atoms with E-state index >= 15 is 0 Å². The normalized spacial score (nSPS) is 24.1. The molecule has 1 aromatic heterocycles. The highest BCUT2D eigenvalue weighted by Crippen LogP contribution is 2.39. The number of hydrogen-bond donors (Lipinski definition) is 1. The van der Waals surface area contributed by atoms with Gasteiger partial charge in [0.15, 0.2) is 0 Å². The molecular weight excluding hydrogens is 426 g/mol. The molecule has 32 heavy (non-hydrogen) atoms. The van der Waals surface area contributed by atoms with E-state index in [4.69, 9.17) is 4.74 Å². The second-order valence-electron chi connectivity index (χ2n) is 9.19. The van der Waals surface area contributed by atoms with E-state index in [9.17, 15) is 9.59 Å². The van der Waals surface area contributed by atoms with E-state index in [-0.39, 0.29) is 42.1 Å². The van der Waals surface area contributed by atoms with Crippen molar-refractivity contribution in [2.75, 3.05) is 26.2 Å². The highest BCUT2D eigenvalue weighted by atomic mass is 35.5. The van der Waals surface area contributed by atoms with Gasteiger partial charge in [0.2, 0.25) is 0 Å². The first kappa shape index (κ1) is 23.0. The number of carbonyl (C=O) groups excluding carboxylic acids is 1. The third kappa shape index (κ3) is 4.63. The van der Waals surface area contributed by atoms with E-state index in [1.165, 1.54) is 0 Å². The van der Waals surface area contributed by atoms with Crippen LogP contribution in [-0.4, -0.2) is 47.7 Å². The highest BCUT2D eigenvalue weighted by molar-refractivity contribution is 5.95. The SMILES string of the molecule is Cc1ccn(C2CCNCC2)c(=O)c1C(=O)N1C[C@@H](c2ccccc2)O[C@@H](C2CC2)C1.Cl. The van der Waals surface area contributed by atoms with Crippen molar-refractivity contribution in [3.8, 4) is 0 Å². The molecule has 7 heteroatoms. The monoisotopic (exact) mass is 457 g/mol. The van der Waals surface area contributed by atoms with Crippen LogP contribution in [-0.2, 0) is 4.74 Å². The number of hydrogen-bond acceptors (Lipinski definition) is 4. The average Bonchev–Trinajstić information content (AvgIpc) is 3.66. The molecule has 2 atom stereocenters. The number of aryl methyl sites for hydroxylation is 1. The smallest absolute Gasteiger partial charge is 0.263 e. The Bertz CT molecular complexity index is 999. The number of nitrogens with one attached hydrogen (secondary N) is 1. The first-order valence-corrected chi connectivity index (χ1v) is 11.5. The van der Waals surface area contributed by atoms with Gasteiger partial charge in [-0.1, -0.05) is 30.3 Å². The average molecular weight is 458 g/mol. The molecule has 3 fully saturated rings. The number of piperidine rings is 1. The first-order chi connectivity index (χ1) is 15.1. The van der Waals surface area contributed by atoms with Gasteiger partial charge < -0.3 is 19.5 Å². The van der Waals surface area contributed by atoms with Crippen molar-refractivity contribution < 1.29 is 9.53 Å². The maximum atomic E-state index is 13.7. The Morgan fingerprint density at radius 2 is 1.75 bits per heavy atom. The molecule has 2 saturated heterocycles. The number of pyridine rings is 1. The van der Waals surface area contributed by atoms with Gasteiger partial charge >= 0.3 is 0 Å². The lowest BCUT2D eigenvalue weighted by atomic mass is 10.0.